The van der Waals surface area contributed by atoms with E-state index in [0.29, 0.717) is 18.9 Å². The van der Waals surface area contributed by atoms with Crippen molar-refractivity contribution in [1.29, 1.82) is 0 Å². The van der Waals surface area contributed by atoms with Gasteiger partial charge in [-0.2, -0.15) is 0 Å². The van der Waals surface area contributed by atoms with Crippen LogP contribution >= 0.6 is 12.2 Å². The van der Waals surface area contributed by atoms with Gasteiger partial charge in [0.1, 0.15) is 5.57 Å². The number of amides is 2. The highest BCUT2D eigenvalue weighted by atomic mass is 32.1. The molecule has 2 heterocycles. The molecule has 0 radical (unpaired) electrons. The van der Waals surface area contributed by atoms with E-state index in [2.05, 4.69) is 10.2 Å². The van der Waals surface area contributed by atoms with Crippen molar-refractivity contribution in [2.75, 3.05) is 36.1 Å². The van der Waals surface area contributed by atoms with Gasteiger partial charge in [0, 0.05) is 18.8 Å². The summed E-state index contributed by atoms with van der Waals surface area (Å²) in [7, 11) is 0. The molecule has 0 aromatic heterocycles. The van der Waals surface area contributed by atoms with Gasteiger partial charge >= 0.3 is 0 Å². The zero-order valence-electron chi connectivity index (χ0n) is 17.0. The van der Waals surface area contributed by atoms with E-state index in [1.54, 1.807) is 6.08 Å². The van der Waals surface area contributed by atoms with E-state index in [0.717, 1.165) is 35.5 Å². The Bertz CT molecular complexity index is 1040. The fourth-order valence-corrected chi connectivity index (χ4v) is 3.81. The van der Waals surface area contributed by atoms with Crippen molar-refractivity contribution in [3.05, 3.63) is 64.7 Å². The molecule has 2 aliphatic heterocycles. The van der Waals surface area contributed by atoms with Crippen LogP contribution in [0.1, 0.15) is 16.7 Å². The summed E-state index contributed by atoms with van der Waals surface area (Å²) >= 11 is 5.28. The third-order valence-corrected chi connectivity index (χ3v) is 5.72. The lowest BCUT2D eigenvalue weighted by Crippen LogP contribution is -2.54. The summed E-state index contributed by atoms with van der Waals surface area (Å²) < 4.78 is 5.39. The average Bonchev–Trinajstić information content (AvgIpc) is 2.74. The van der Waals surface area contributed by atoms with Gasteiger partial charge in [-0.05, 0) is 73.1 Å². The maximum Gasteiger partial charge on any atom is 0.270 e. The number of thiocarbonyl (C=S) groups is 1. The molecule has 7 heteroatoms. The second-order valence-electron chi connectivity index (χ2n) is 7.42. The maximum atomic E-state index is 13.1. The van der Waals surface area contributed by atoms with Crippen LogP contribution < -0.4 is 15.1 Å². The number of benzene rings is 2. The number of nitrogens with zero attached hydrogens (tertiary/aromatic N) is 2. The van der Waals surface area contributed by atoms with Gasteiger partial charge in [0.25, 0.3) is 11.8 Å². The van der Waals surface area contributed by atoms with Crippen molar-refractivity contribution < 1.29 is 14.3 Å². The molecular formula is C23H23N3O3S. The number of rotatable bonds is 3. The number of ether oxygens (including phenoxy) is 1. The first-order chi connectivity index (χ1) is 14.4. The van der Waals surface area contributed by atoms with Crippen LogP contribution in [-0.4, -0.2) is 43.2 Å². The number of aryl methyl sites for hydroxylation is 2. The Morgan fingerprint density at radius 3 is 2.30 bits per heavy atom. The summed E-state index contributed by atoms with van der Waals surface area (Å²) in [5.74, 6) is -0.911. The zero-order valence-corrected chi connectivity index (χ0v) is 17.8. The van der Waals surface area contributed by atoms with Crippen LogP contribution in [0.4, 0.5) is 11.4 Å². The van der Waals surface area contributed by atoms with Gasteiger partial charge in [-0.1, -0.05) is 18.2 Å². The molecule has 0 saturated carbocycles. The first kappa shape index (κ1) is 20.3. The van der Waals surface area contributed by atoms with Gasteiger partial charge in [0.2, 0.25) is 0 Å². The molecule has 0 atom stereocenters. The van der Waals surface area contributed by atoms with Gasteiger partial charge in [-0.15, -0.1) is 0 Å². The molecule has 1 N–H and O–H groups in total. The Balaban J connectivity index is 1.61. The summed E-state index contributed by atoms with van der Waals surface area (Å²) in [6, 6.07) is 13.5. The lowest BCUT2D eigenvalue weighted by molar-refractivity contribution is -0.122. The highest BCUT2D eigenvalue weighted by molar-refractivity contribution is 7.80. The van der Waals surface area contributed by atoms with Crippen molar-refractivity contribution in [2.45, 2.75) is 13.8 Å². The average molecular weight is 422 g/mol. The summed E-state index contributed by atoms with van der Waals surface area (Å²) in [6.45, 7) is 7.11. The first-order valence-corrected chi connectivity index (χ1v) is 10.3. The Kier molecular flexibility index (Phi) is 5.65. The van der Waals surface area contributed by atoms with E-state index in [4.69, 9.17) is 17.0 Å². The number of anilines is 2. The van der Waals surface area contributed by atoms with Gasteiger partial charge in [-0.25, -0.2) is 0 Å². The largest absolute Gasteiger partial charge is 0.378 e. The van der Waals surface area contributed by atoms with Crippen molar-refractivity contribution in [3.8, 4) is 0 Å². The number of carbonyl (C=O) groups excluding carboxylic acids is 2. The Morgan fingerprint density at radius 2 is 1.63 bits per heavy atom. The normalized spacial score (nSPS) is 18.7. The monoisotopic (exact) mass is 421 g/mol. The molecule has 30 heavy (non-hydrogen) atoms. The van der Waals surface area contributed by atoms with Gasteiger partial charge in [0.05, 0.1) is 18.9 Å². The molecule has 2 amide bonds. The Hall–Kier alpha value is -3.03. The van der Waals surface area contributed by atoms with E-state index >= 15 is 0 Å². The highest BCUT2D eigenvalue weighted by Crippen LogP contribution is 2.25. The van der Waals surface area contributed by atoms with Crippen LogP contribution in [0.2, 0.25) is 0 Å². The number of nitrogens with one attached hydrogen (secondary N) is 1. The second-order valence-corrected chi connectivity index (χ2v) is 7.80. The van der Waals surface area contributed by atoms with Crippen LogP contribution in [0.3, 0.4) is 0 Å². The van der Waals surface area contributed by atoms with E-state index in [1.165, 1.54) is 4.90 Å². The minimum Gasteiger partial charge on any atom is -0.378 e. The zero-order chi connectivity index (χ0) is 21.3. The Morgan fingerprint density at radius 1 is 0.967 bits per heavy atom. The summed E-state index contributed by atoms with van der Waals surface area (Å²) in [5, 5.41) is 2.72. The van der Waals surface area contributed by atoms with Crippen molar-refractivity contribution in [2.24, 2.45) is 0 Å². The molecule has 0 unspecified atom stereocenters. The van der Waals surface area contributed by atoms with Crippen molar-refractivity contribution in [3.63, 3.8) is 0 Å². The molecule has 0 bridgehead atoms. The van der Waals surface area contributed by atoms with Crippen molar-refractivity contribution in [1.82, 2.24) is 5.32 Å². The summed E-state index contributed by atoms with van der Waals surface area (Å²) in [5.41, 5.74) is 4.73. The van der Waals surface area contributed by atoms with Crippen LogP contribution in [-0.2, 0) is 14.3 Å². The molecule has 2 fully saturated rings. The van der Waals surface area contributed by atoms with E-state index in [1.807, 2.05) is 56.3 Å². The fraction of sp³-hybridized carbons (Fsp3) is 0.261. The van der Waals surface area contributed by atoms with Crippen LogP contribution in [0.25, 0.3) is 6.08 Å². The molecule has 2 aromatic carbocycles. The van der Waals surface area contributed by atoms with E-state index < -0.39 is 11.8 Å². The first-order valence-electron chi connectivity index (χ1n) is 9.85. The topological polar surface area (TPSA) is 61.9 Å². The quantitative estimate of drug-likeness (QED) is 0.469. The minimum absolute atomic E-state index is 0.0564. The lowest BCUT2D eigenvalue weighted by Gasteiger charge is -2.29. The second kappa shape index (κ2) is 8.38. The Labute approximate surface area is 181 Å². The van der Waals surface area contributed by atoms with Crippen LogP contribution in [0.5, 0.6) is 0 Å². The van der Waals surface area contributed by atoms with Crippen LogP contribution in [0, 0.1) is 13.8 Å². The molecular weight excluding hydrogens is 398 g/mol. The van der Waals surface area contributed by atoms with Gasteiger partial charge in [0.15, 0.2) is 5.11 Å². The highest BCUT2D eigenvalue weighted by Gasteiger charge is 2.34. The molecule has 6 nitrogen and oxygen atoms in total. The van der Waals surface area contributed by atoms with Gasteiger partial charge < -0.3 is 9.64 Å². The molecule has 2 aliphatic rings. The predicted octanol–water partition coefficient (Wildman–Crippen LogP) is 2.97. The lowest BCUT2D eigenvalue weighted by atomic mass is 10.0. The third-order valence-electron chi connectivity index (χ3n) is 5.43. The molecule has 0 aliphatic carbocycles. The number of hydrogen-bond acceptors (Lipinski definition) is 5. The molecule has 2 saturated heterocycles. The molecule has 2 aromatic rings. The number of carbonyl (C=O) groups is 2. The van der Waals surface area contributed by atoms with E-state index in [9.17, 15) is 9.59 Å². The predicted molar refractivity (Wildman–Crippen MR) is 122 cm³/mol. The van der Waals surface area contributed by atoms with E-state index in [-0.39, 0.29) is 10.7 Å². The fourth-order valence-electron chi connectivity index (χ4n) is 3.53. The molecule has 4 rings (SSSR count). The molecule has 0 spiro atoms. The van der Waals surface area contributed by atoms with Gasteiger partial charge in [-0.3, -0.25) is 19.8 Å². The van der Waals surface area contributed by atoms with Crippen molar-refractivity contribution >= 4 is 46.6 Å². The van der Waals surface area contributed by atoms with Crippen LogP contribution in [0.15, 0.2) is 48.0 Å². The smallest absolute Gasteiger partial charge is 0.270 e. The summed E-state index contributed by atoms with van der Waals surface area (Å²) in [6.07, 6.45) is 1.61. The molecule has 154 valence electrons. The summed E-state index contributed by atoms with van der Waals surface area (Å²) in [4.78, 5) is 29.3. The number of hydrogen-bond donors (Lipinski definition) is 1. The maximum absolute atomic E-state index is 13.1. The third kappa shape index (κ3) is 3.99. The standard InChI is InChI=1S/C23H23N3O3S/c1-15-3-6-19(13-16(15)2)26-22(28)20(21(27)24-23(26)30)14-17-4-7-18(8-5-17)25-9-11-29-12-10-25/h3-8,13-14H,9-12H2,1-2H3,(H,24,27,30)/b20-14+. The SMILES string of the molecule is Cc1ccc(N2C(=O)/C(=C/c3ccc(N4CCOCC4)cc3)C(=O)NC2=S)cc1C. The number of morpholine rings is 1. The minimum atomic E-state index is -0.484.